The van der Waals surface area contributed by atoms with Gasteiger partial charge in [0, 0.05) is 37.1 Å². The van der Waals surface area contributed by atoms with Crippen molar-refractivity contribution in [2.75, 3.05) is 36.1 Å². The van der Waals surface area contributed by atoms with Crippen molar-refractivity contribution in [3.05, 3.63) is 12.7 Å². The minimum absolute atomic E-state index is 0.0611. The molecule has 1 aliphatic rings. The van der Waals surface area contributed by atoms with Gasteiger partial charge in [0.15, 0.2) is 9.84 Å². The van der Waals surface area contributed by atoms with Gasteiger partial charge in [0.25, 0.3) is 0 Å². The molecular formula is C11H20N2O3S2. The van der Waals surface area contributed by atoms with E-state index in [-0.39, 0.29) is 29.9 Å². The molecule has 5 nitrogen and oxygen atoms in total. The van der Waals surface area contributed by atoms with Gasteiger partial charge in [-0.15, -0.1) is 6.58 Å². The fraction of sp³-hybridized carbons (Fsp3) is 0.727. The van der Waals surface area contributed by atoms with Gasteiger partial charge in [0.2, 0.25) is 5.91 Å². The average molecular weight is 292 g/mol. The monoisotopic (exact) mass is 292 g/mol. The van der Waals surface area contributed by atoms with E-state index in [4.69, 9.17) is 0 Å². The lowest BCUT2D eigenvalue weighted by molar-refractivity contribution is -0.121. The van der Waals surface area contributed by atoms with Gasteiger partial charge in [0.1, 0.15) is 0 Å². The van der Waals surface area contributed by atoms with Crippen LogP contribution in [-0.4, -0.2) is 56.5 Å². The van der Waals surface area contributed by atoms with Gasteiger partial charge in [-0.25, -0.2) is 8.42 Å². The number of hydrogen-bond acceptors (Lipinski definition) is 5. The summed E-state index contributed by atoms with van der Waals surface area (Å²) in [5.41, 5.74) is 0. The molecule has 18 heavy (non-hydrogen) atoms. The number of hydrogen-bond donors (Lipinski definition) is 2. The molecule has 2 N–H and O–H groups in total. The highest BCUT2D eigenvalue weighted by Gasteiger charge is 2.25. The topological polar surface area (TPSA) is 75.3 Å². The van der Waals surface area contributed by atoms with Crippen LogP contribution in [0.4, 0.5) is 0 Å². The predicted octanol–water partition coefficient (Wildman–Crippen LogP) is -0.201. The maximum atomic E-state index is 11.6. The lowest BCUT2D eigenvalue weighted by Gasteiger charge is -2.23. The molecule has 1 rings (SSSR count). The third-order valence-corrected chi connectivity index (χ3v) is 5.24. The first-order chi connectivity index (χ1) is 8.53. The Labute approximate surface area is 113 Å². The van der Waals surface area contributed by atoms with Crippen LogP contribution in [0.5, 0.6) is 0 Å². The third kappa shape index (κ3) is 6.42. The highest BCUT2D eigenvalue weighted by atomic mass is 32.2. The Hall–Kier alpha value is -0.530. The lowest BCUT2D eigenvalue weighted by Crippen LogP contribution is -2.47. The van der Waals surface area contributed by atoms with Gasteiger partial charge in [-0.1, -0.05) is 6.08 Å². The Bertz CT molecular complexity index is 382. The third-order valence-electron chi connectivity index (χ3n) is 2.54. The summed E-state index contributed by atoms with van der Waals surface area (Å²) in [7, 11) is -2.97. The molecule has 1 atom stereocenters. The molecule has 0 aromatic carbocycles. The minimum atomic E-state index is -2.97. The summed E-state index contributed by atoms with van der Waals surface area (Å²) < 4.78 is 22.8. The Kier molecular flexibility index (Phi) is 6.73. The SMILES string of the molecule is C=CCSCCNC(=O)CC1CS(=O)(=O)CCN1. The molecule has 0 spiro atoms. The number of carbonyl (C=O) groups excluding carboxylic acids is 1. The van der Waals surface area contributed by atoms with Crippen molar-refractivity contribution >= 4 is 27.5 Å². The van der Waals surface area contributed by atoms with E-state index in [2.05, 4.69) is 17.2 Å². The maximum absolute atomic E-state index is 11.6. The molecule has 1 saturated heterocycles. The minimum Gasteiger partial charge on any atom is -0.355 e. The number of sulfone groups is 1. The summed E-state index contributed by atoms with van der Waals surface area (Å²) in [4.78, 5) is 11.6. The number of nitrogens with one attached hydrogen (secondary N) is 2. The van der Waals surface area contributed by atoms with Crippen molar-refractivity contribution in [1.29, 1.82) is 0 Å². The number of thioether (sulfide) groups is 1. The maximum Gasteiger partial charge on any atom is 0.221 e. The zero-order chi connectivity index (χ0) is 13.4. The molecule has 0 saturated carbocycles. The van der Waals surface area contributed by atoms with Crippen molar-refractivity contribution in [1.82, 2.24) is 10.6 Å². The van der Waals surface area contributed by atoms with E-state index in [1.807, 2.05) is 6.08 Å². The van der Waals surface area contributed by atoms with Crippen molar-refractivity contribution < 1.29 is 13.2 Å². The van der Waals surface area contributed by atoms with Gasteiger partial charge in [-0.2, -0.15) is 11.8 Å². The second-order valence-corrected chi connectivity index (χ2v) is 7.56. The van der Waals surface area contributed by atoms with Gasteiger partial charge >= 0.3 is 0 Å². The predicted molar refractivity (Wildman–Crippen MR) is 75.6 cm³/mol. The Balaban J connectivity index is 2.17. The first-order valence-electron chi connectivity index (χ1n) is 5.92. The van der Waals surface area contributed by atoms with Crippen molar-refractivity contribution in [2.45, 2.75) is 12.5 Å². The summed E-state index contributed by atoms with van der Waals surface area (Å²) in [6, 6.07) is -0.246. The summed E-state index contributed by atoms with van der Waals surface area (Å²) in [5.74, 6) is 1.85. The normalized spacial score (nSPS) is 22.3. The van der Waals surface area contributed by atoms with E-state index in [9.17, 15) is 13.2 Å². The molecular weight excluding hydrogens is 272 g/mol. The molecule has 0 radical (unpaired) electrons. The largest absolute Gasteiger partial charge is 0.355 e. The molecule has 1 amide bonds. The molecule has 104 valence electrons. The highest BCUT2D eigenvalue weighted by molar-refractivity contribution is 7.99. The Morgan fingerprint density at radius 2 is 2.33 bits per heavy atom. The van der Waals surface area contributed by atoms with Crippen molar-refractivity contribution in [2.24, 2.45) is 0 Å². The molecule has 1 unspecified atom stereocenters. The van der Waals surface area contributed by atoms with Crippen LogP contribution < -0.4 is 10.6 Å². The second-order valence-electron chi connectivity index (χ2n) is 4.18. The Morgan fingerprint density at radius 3 is 3.00 bits per heavy atom. The van der Waals surface area contributed by atoms with E-state index in [0.29, 0.717) is 13.1 Å². The quantitative estimate of drug-likeness (QED) is 0.502. The van der Waals surface area contributed by atoms with Crippen molar-refractivity contribution in [3.8, 4) is 0 Å². The Morgan fingerprint density at radius 1 is 1.56 bits per heavy atom. The zero-order valence-corrected chi connectivity index (χ0v) is 12.0. The highest BCUT2D eigenvalue weighted by Crippen LogP contribution is 2.05. The standard InChI is InChI=1S/C11H20N2O3S2/c1-2-5-17-6-3-13-11(14)8-10-9-18(15,16)7-4-12-10/h2,10,12H,1,3-9H2,(H,13,14). The van der Waals surface area contributed by atoms with Crippen LogP contribution in [0.25, 0.3) is 0 Å². The van der Waals surface area contributed by atoms with E-state index in [0.717, 1.165) is 11.5 Å². The molecule has 0 bridgehead atoms. The molecule has 0 aromatic heterocycles. The number of carbonyl (C=O) groups is 1. The molecule has 1 aliphatic heterocycles. The average Bonchev–Trinajstić information content (AvgIpc) is 2.27. The fourth-order valence-corrected chi connectivity index (χ4v) is 3.75. The van der Waals surface area contributed by atoms with Crippen LogP contribution in [0.2, 0.25) is 0 Å². The molecule has 1 heterocycles. The molecule has 7 heteroatoms. The second kappa shape index (κ2) is 7.81. The van der Waals surface area contributed by atoms with Gasteiger partial charge in [-0.05, 0) is 0 Å². The van der Waals surface area contributed by atoms with E-state index in [1.165, 1.54) is 0 Å². The van der Waals surface area contributed by atoms with E-state index < -0.39 is 9.84 Å². The summed E-state index contributed by atoms with van der Waals surface area (Å²) in [5, 5.41) is 5.85. The zero-order valence-electron chi connectivity index (χ0n) is 10.4. The summed E-state index contributed by atoms with van der Waals surface area (Å²) >= 11 is 1.70. The van der Waals surface area contributed by atoms with Gasteiger partial charge in [-0.3, -0.25) is 4.79 Å². The van der Waals surface area contributed by atoms with Crippen LogP contribution >= 0.6 is 11.8 Å². The van der Waals surface area contributed by atoms with Crippen LogP contribution in [0.1, 0.15) is 6.42 Å². The first kappa shape index (κ1) is 15.5. The first-order valence-corrected chi connectivity index (χ1v) is 8.90. The summed E-state index contributed by atoms with van der Waals surface area (Å²) in [6.45, 7) is 4.66. The number of amides is 1. The van der Waals surface area contributed by atoms with E-state index in [1.54, 1.807) is 11.8 Å². The fourth-order valence-electron chi connectivity index (χ4n) is 1.72. The molecule has 0 aromatic rings. The van der Waals surface area contributed by atoms with Gasteiger partial charge in [0.05, 0.1) is 11.5 Å². The van der Waals surface area contributed by atoms with Crippen LogP contribution in [0.3, 0.4) is 0 Å². The van der Waals surface area contributed by atoms with Crippen LogP contribution in [0.15, 0.2) is 12.7 Å². The van der Waals surface area contributed by atoms with E-state index >= 15 is 0 Å². The number of rotatable bonds is 7. The van der Waals surface area contributed by atoms with Gasteiger partial charge < -0.3 is 10.6 Å². The summed E-state index contributed by atoms with van der Waals surface area (Å²) in [6.07, 6.45) is 2.05. The van der Waals surface area contributed by atoms with Crippen molar-refractivity contribution in [3.63, 3.8) is 0 Å². The smallest absolute Gasteiger partial charge is 0.221 e. The molecule has 0 aliphatic carbocycles. The lowest BCUT2D eigenvalue weighted by atomic mass is 10.2. The van der Waals surface area contributed by atoms with Crippen LogP contribution in [0, 0.1) is 0 Å². The molecule has 1 fully saturated rings. The van der Waals surface area contributed by atoms with Crippen LogP contribution in [-0.2, 0) is 14.6 Å².